The molecule has 3 rings (SSSR count). The maximum atomic E-state index is 12.2. The van der Waals surface area contributed by atoms with Crippen LogP contribution in [0.3, 0.4) is 0 Å². The first kappa shape index (κ1) is 22.1. The highest BCUT2D eigenvalue weighted by Crippen LogP contribution is 2.24. The quantitative estimate of drug-likeness (QED) is 0.287. The standard InChI is InChI=1S/C20H20F3N5O3/c21-20(22,23)13-25-19(30)27-16-4-1-3-15(10-16)17-12-24-18-9-14(5-6-28(17)18)11-26-31-8-2-7-29/h1,3-6,9-12,29H,2,7-8,13H2,(H2,25,27,30). The van der Waals surface area contributed by atoms with E-state index in [4.69, 9.17) is 9.94 Å². The first-order chi connectivity index (χ1) is 14.9. The number of aromatic nitrogens is 2. The first-order valence-corrected chi connectivity index (χ1v) is 9.31. The van der Waals surface area contributed by atoms with Gasteiger partial charge >= 0.3 is 12.2 Å². The lowest BCUT2D eigenvalue weighted by molar-refractivity contribution is -0.122. The van der Waals surface area contributed by atoms with E-state index in [9.17, 15) is 18.0 Å². The van der Waals surface area contributed by atoms with Crippen molar-refractivity contribution in [3.63, 3.8) is 0 Å². The van der Waals surface area contributed by atoms with Crippen LogP contribution in [-0.4, -0.2) is 52.7 Å². The fraction of sp³-hybridized carbons (Fsp3) is 0.250. The number of oxime groups is 1. The third-order valence-electron chi connectivity index (χ3n) is 4.07. The van der Waals surface area contributed by atoms with E-state index in [-0.39, 0.29) is 6.61 Å². The molecule has 1 aromatic carbocycles. The number of fused-ring (bicyclic) bond motifs is 1. The Balaban J connectivity index is 1.72. The Morgan fingerprint density at radius 1 is 1.29 bits per heavy atom. The number of carbonyl (C=O) groups is 1. The van der Waals surface area contributed by atoms with E-state index in [1.54, 1.807) is 48.0 Å². The lowest BCUT2D eigenvalue weighted by Gasteiger charge is -2.10. The van der Waals surface area contributed by atoms with Crippen LogP contribution in [0.5, 0.6) is 0 Å². The number of pyridine rings is 1. The summed E-state index contributed by atoms with van der Waals surface area (Å²) in [5.74, 6) is 0. The summed E-state index contributed by atoms with van der Waals surface area (Å²) in [6.07, 6.45) is 0.998. The number of hydrogen-bond acceptors (Lipinski definition) is 5. The van der Waals surface area contributed by atoms with Gasteiger partial charge in [-0.1, -0.05) is 17.3 Å². The van der Waals surface area contributed by atoms with Gasteiger partial charge < -0.3 is 20.6 Å². The molecule has 2 heterocycles. The number of hydrogen-bond donors (Lipinski definition) is 3. The zero-order chi connectivity index (χ0) is 22.3. The number of aliphatic hydroxyl groups excluding tert-OH is 1. The number of aliphatic hydroxyl groups is 1. The number of nitrogens with one attached hydrogen (secondary N) is 2. The number of benzene rings is 1. The summed E-state index contributed by atoms with van der Waals surface area (Å²) in [6, 6.07) is 9.36. The van der Waals surface area contributed by atoms with E-state index in [1.165, 1.54) is 6.21 Å². The smallest absolute Gasteiger partial charge is 0.396 e. The third kappa shape index (κ3) is 6.44. The number of carbonyl (C=O) groups excluding carboxylic acids is 1. The molecule has 3 aromatic rings. The van der Waals surface area contributed by atoms with Crippen molar-refractivity contribution in [2.45, 2.75) is 12.6 Å². The Morgan fingerprint density at radius 3 is 2.90 bits per heavy atom. The molecule has 0 aliphatic heterocycles. The fourth-order valence-corrected chi connectivity index (χ4v) is 2.68. The van der Waals surface area contributed by atoms with E-state index in [1.807, 2.05) is 10.5 Å². The Kier molecular flexibility index (Phi) is 7.08. The zero-order valence-corrected chi connectivity index (χ0v) is 16.3. The second-order valence-electron chi connectivity index (χ2n) is 6.48. The molecule has 0 bridgehead atoms. The van der Waals surface area contributed by atoms with Gasteiger partial charge in [0, 0.05) is 36.0 Å². The average Bonchev–Trinajstić information content (AvgIpc) is 3.15. The number of halogens is 3. The maximum Gasteiger partial charge on any atom is 0.405 e. The molecule has 0 saturated carbocycles. The van der Waals surface area contributed by atoms with Gasteiger partial charge in [0.05, 0.1) is 18.1 Å². The molecule has 11 heteroatoms. The van der Waals surface area contributed by atoms with Gasteiger partial charge in [-0.25, -0.2) is 9.78 Å². The largest absolute Gasteiger partial charge is 0.405 e. The monoisotopic (exact) mass is 435 g/mol. The number of nitrogens with zero attached hydrogens (tertiary/aromatic N) is 3. The summed E-state index contributed by atoms with van der Waals surface area (Å²) in [5, 5.41) is 16.7. The Labute approximate surface area is 175 Å². The summed E-state index contributed by atoms with van der Waals surface area (Å²) < 4.78 is 38.5. The Hall–Kier alpha value is -3.60. The maximum absolute atomic E-state index is 12.2. The summed E-state index contributed by atoms with van der Waals surface area (Å²) in [6.45, 7) is -1.06. The fourth-order valence-electron chi connectivity index (χ4n) is 2.68. The van der Waals surface area contributed by atoms with Gasteiger partial charge in [0.1, 0.15) is 18.8 Å². The summed E-state index contributed by atoms with van der Waals surface area (Å²) >= 11 is 0. The number of imidazole rings is 1. The normalized spacial score (nSPS) is 11.7. The van der Waals surface area contributed by atoms with Crippen LogP contribution < -0.4 is 10.6 Å². The zero-order valence-electron chi connectivity index (χ0n) is 16.3. The van der Waals surface area contributed by atoms with Crippen LogP contribution in [0.2, 0.25) is 0 Å². The van der Waals surface area contributed by atoms with Crippen LogP contribution in [0, 0.1) is 0 Å². The highest BCUT2D eigenvalue weighted by molar-refractivity contribution is 5.90. The molecule has 2 amide bonds. The summed E-state index contributed by atoms with van der Waals surface area (Å²) in [7, 11) is 0. The van der Waals surface area contributed by atoms with Gasteiger partial charge in [-0.2, -0.15) is 13.2 Å². The summed E-state index contributed by atoms with van der Waals surface area (Å²) in [5.41, 5.74) is 3.21. The van der Waals surface area contributed by atoms with Crippen molar-refractivity contribution in [3.05, 3.63) is 54.4 Å². The molecule has 0 aliphatic carbocycles. The van der Waals surface area contributed by atoms with E-state index in [2.05, 4.69) is 15.5 Å². The van der Waals surface area contributed by atoms with Crippen molar-refractivity contribution >= 4 is 23.6 Å². The highest BCUT2D eigenvalue weighted by atomic mass is 19.4. The molecule has 31 heavy (non-hydrogen) atoms. The molecular weight excluding hydrogens is 415 g/mol. The second kappa shape index (κ2) is 9.94. The van der Waals surface area contributed by atoms with Gasteiger partial charge in [-0.3, -0.25) is 4.40 Å². The van der Waals surface area contributed by atoms with Gasteiger partial charge in [-0.15, -0.1) is 0 Å². The molecule has 164 valence electrons. The molecule has 2 aromatic heterocycles. The van der Waals surface area contributed by atoms with Gasteiger partial charge in [0.2, 0.25) is 0 Å². The molecule has 3 N–H and O–H groups in total. The number of anilines is 1. The van der Waals surface area contributed by atoms with Crippen LogP contribution in [-0.2, 0) is 4.84 Å². The number of rotatable bonds is 8. The first-order valence-electron chi connectivity index (χ1n) is 9.31. The topological polar surface area (TPSA) is 100 Å². The van der Waals surface area contributed by atoms with Crippen molar-refractivity contribution in [2.24, 2.45) is 5.16 Å². The number of urea groups is 1. The van der Waals surface area contributed by atoms with Crippen molar-refractivity contribution in [1.82, 2.24) is 14.7 Å². The SMILES string of the molecule is O=C(NCC(F)(F)F)Nc1cccc(-c2cnc3cc(C=NOCCCO)ccn23)c1. The third-order valence-corrected chi connectivity index (χ3v) is 4.07. The van der Waals surface area contributed by atoms with Crippen LogP contribution in [0.25, 0.3) is 16.9 Å². The second-order valence-corrected chi connectivity index (χ2v) is 6.48. The van der Waals surface area contributed by atoms with Crippen LogP contribution >= 0.6 is 0 Å². The van der Waals surface area contributed by atoms with Crippen molar-refractivity contribution in [3.8, 4) is 11.3 Å². The Morgan fingerprint density at radius 2 is 2.13 bits per heavy atom. The lowest BCUT2D eigenvalue weighted by Crippen LogP contribution is -2.36. The van der Waals surface area contributed by atoms with Crippen molar-refractivity contribution in [1.29, 1.82) is 0 Å². The molecular formula is C20H20F3N5O3. The minimum Gasteiger partial charge on any atom is -0.396 e. The molecule has 0 spiro atoms. The minimum atomic E-state index is -4.48. The van der Waals surface area contributed by atoms with Crippen molar-refractivity contribution in [2.75, 3.05) is 25.1 Å². The molecule has 0 fully saturated rings. The van der Waals surface area contributed by atoms with E-state index < -0.39 is 18.8 Å². The number of alkyl halides is 3. The average molecular weight is 435 g/mol. The highest BCUT2D eigenvalue weighted by Gasteiger charge is 2.27. The van der Waals surface area contributed by atoms with Crippen LogP contribution in [0.4, 0.5) is 23.7 Å². The molecule has 0 unspecified atom stereocenters. The predicted molar refractivity (Wildman–Crippen MR) is 109 cm³/mol. The van der Waals surface area contributed by atoms with E-state index in [0.29, 0.717) is 24.4 Å². The van der Waals surface area contributed by atoms with Crippen LogP contribution in [0.1, 0.15) is 12.0 Å². The van der Waals surface area contributed by atoms with Gasteiger partial charge in [0.15, 0.2) is 0 Å². The van der Waals surface area contributed by atoms with Crippen LogP contribution in [0.15, 0.2) is 53.9 Å². The van der Waals surface area contributed by atoms with Gasteiger partial charge in [-0.05, 0) is 24.3 Å². The van der Waals surface area contributed by atoms with Crippen molar-refractivity contribution < 1.29 is 27.9 Å². The minimum absolute atomic E-state index is 0.0350. The predicted octanol–water partition coefficient (Wildman–Crippen LogP) is 3.42. The molecule has 0 radical (unpaired) electrons. The van der Waals surface area contributed by atoms with E-state index >= 15 is 0 Å². The van der Waals surface area contributed by atoms with Gasteiger partial charge in [0.25, 0.3) is 0 Å². The summed E-state index contributed by atoms with van der Waals surface area (Å²) in [4.78, 5) is 21.1. The molecule has 0 aliphatic rings. The molecule has 0 atom stereocenters. The van der Waals surface area contributed by atoms with E-state index in [0.717, 1.165) is 16.8 Å². The molecule has 8 nitrogen and oxygen atoms in total. The number of amides is 2. The Bertz CT molecular complexity index is 1070. The lowest BCUT2D eigenvalue weighted by atomic mass is 10.1. The molecule has 0 saturated heterocycles.